The summed E-state index contributed by atoms with van der Waals surface area (Å²) >= 11 is 0. The van der Waals surface area contributed by atoms with Gasteiger partial charge in [0.1, 0.15) is 5.69 Å². The first kappa shape index (κ1) is 21.8. The maximum atomic E-state index is 12.0. The molecule has 0 saturated heterocycles. The summed E-state index contributed by atoms with van der Waals surface area (Å²) in [6, 6.07) is 14.2. The molecule has 5 N–H and O–H groups in total. The highest BCUT2D eigenvalue weighted by Gasteiger charge is 2.24. The number of para-hydroxylation sites is 1. The van der Waals surface area contributed by atoms with Crippen LogP contribution in [0.3, 0.4) is 0 Å². The van der Waals surface area contributed by atoms with Crippen LogP contribution in [0.15, 0.2) is 53.5 Å². The average molecular weight is 422 g/mol. The van der Waals surface area contributed by atoms with Gasteiger partial charge in [0, 0.05) is 19.3 Å². The van der Waals surface area contributed by atoms with E-state index in [9.17, 15) is 20.1 Å². The predicted molar refractivity (Wildman–Crippen MR) is 121 cm³/mol. The molecule has 0 bridgehead atoms. The van der Waals surface area contributed by atoms with Crippen molar-refractivity contribution in [3.63, 3.8) is 0 Å². The molecule has 1 amide bonds. The van der Waals surface area contributed by atoms with Gasteiger partial charge in [-0.05, 0) is 31.0 Å². The van der Waals surface area contributed by atoms with E-state index in [0.717, 1.165) is 11.3 Å². The molecule has 0 fully saturated rings. The van der Waals surface area contributed by atoms with Gasteiger partial charge in [0.05, 0.1) is 11.3 Å². The molecule has 8 heteroatoms. The lowest BCUT2D eigenvalue weighted by molar-refractivity contribution is 0.0960. The maximum absolute atomic E-state index is 12.0. The Morgan fingerprint density at radius 3 is 2.32 bits per heavy atom. The van der Waals surface area contributed by atoms with E-state index in [-0.39, 0.29) is 40.1 Å². The van der Waals surface area contributed by atoms with Crippen molar-refractivity contribution in [2.45, 2.75) is 26.8 Å². The van der Waals surface area contributed by atoms with Crippen molar-refractivity contribution >= 4 is 28.7 Å². The van der Waals surface area contributed by atoms with Gasteiger partial charge in [-0.15, -0.1) is 0 Å². The summed E-state index contributed by atoms with van der Waals surface area (Å²) in [4.78, 5) is 16.6. The van der Waals surface area contributed by atoms with Crippen molar-refractivity contribution in [2.75, 3.05) is 12.4 Å². The first-order valence-electron chi connectivity index (χ1n) is 10.0. The topological polar surface area (TPSA) is 119 Å². The van der Waals surface area contributed by atoms with E-state index in [4.69, 9.17) is 0 Å². The summed E-state index contributed by atoms with van der Waals surface area (Å²) in [7, 11) is 1.47. The van der Waals surface area contributed by atoms with Crippen LogP contribution in [0.2, 0.25) is 0 Å². The molecule has 0 atom stereocenters. The minimum Gasteiger partial charge on any atom is -0.505 e. The van der Waals surface area contributed by atoms with Gasteiger partial charge < -0.3 is 26.0 Å². The summed E-state index contributed by atoms with van der Waals surface area (Å²) in [6.07, 6.45) is 0.596. The zero-order valence-corrected chi connectivity index (χ0v) is 17.7. The van der Waals surface area contributed by atoms with Gasteiger partial charge in [0.15, 0.2) is 11.4 Å². The van der Waals surface area contributed by atoms with Crippen LogP contribution in [-0.2, 0) is 6.54 Å². The SMILES string of the molecule is CCC(=Nc1c(Nc2cccc(C(=O)NC)c2O)c(O)n(CC)c1O)c1ccccc1. The second-order valence-corrected chi connectivity index (χ2v) is 6.80. The van der Waals surface area contributed by atoms with Gasteiger partial charge in [-0.1, -0.05) is 43.3 Å². The Morgan fingerprint density at radius 1 is 1.00 bits per heavy atom. The van der Waals surface area contributed by atoms with Crippen LogP contribution in [0.1, 0.15) is 36.2 Å². The maximum Gasteiger partial charge on any atom is 0.254 e. The predicted octanol–water partition coefficient (Wildman–Crippen LogP) is 4.26. The number of nitrogens with zero attached hydrogens (tertiary/aromatic N) is 2. The van der Waals surface area contributed by atoms with Crippen LogP contribution >= 0.6 is 0 Å². The van der Waals surface area contributed by atoms with Crippen molar-refractivity contribution in [1.29, 1.82) is 0 Å². The number of benzene rings is 2. The van der Waals surface area contributed by atoms with Crippen LogP contribution in [0.5, 0.6) is 17.5 Å². The first-order valence-corrected chi connectivity index (χ1v) is 10.0. The number of aromatic hydroxyl groups is 3. The Morgan fingerprint density at radius 2 is 1.71 bits per heavy atom. The van der Waals surface area contributed by atoms with E-state index in [1.54, 1.807) is 19.1 Å². The minimum atomic E-state index is -0.449. The molecular weight excluding hydrogens is 396 g/mol. The smallest absolute Gasteiger partial charge is 0.254 e. The largest absolute Gasteiger partial charge is 0.505 e. The molecule has 0 radical (unpaired) electrons. The summed E-state index contributed by atoms with van der Waals surface area (Å²) < 4.78 is 1.30. The third-order valence-electron chi connectivity index (χ3n) is 4.96. The van der Waals surface area contributed by atoms with Crippen molar-refractivity contribution in [3.8, 4) is 17.5 Å². The minimum absolute atomic E-state index is 0.0784. The fraction of sp³-hybridized carbons (Fsp3) is 0.217. The number of carbonyl (C=O) groups is 1. The molecule has 2 aromatic carbocycles. The highest BCUT2D eigenvalue weighted by molar-refractivity contribution is 6.04. The molecule has 0 unspecified atom stereocenters. The highest BCUT2D eigenvalue weighted by Crippen LogP contribution is 2.48. The molecule has 0 aliphatic carbocycles. The lowest BCUT2D eigenvalue weighted by Crippen LogP contribution is -2.18. The van der Waals surface area contributed by atoms with E-state index < -0.39 is 5.91 Å². The van der Waals surface area contributed by atoms with Crippen molar-refractivity contribution < 1.29 is 20.1 Å². The standard InChI is InChI=1S/C23H26N4O4/c1-4-16(14-10-7-6-8-11-14)25-18-19(23(31)27(5-2)22(18)30)26-17-13-9-12-15(20(17)28)21(29)24-3/h6-13,26,28,30-31H,4-5H2,1-3H3,(H,24,29). The van der Waals surface area contributed by atoms with E-state index >= 15 is 0 Å². The summed E-state index contributed by atoms with van der Waals surface area (Å²) in [5.74, 6) is -1.16. The zero-order chi connectivity index (χ0) is 22.5. The average Bonchev–Trinajstić information content (AvgIpc) is 3.01. The highest BCUT2D eigenvalue weighted by atomic mass is 16.3. The Labute approximate surface area is 180 Å². The van der Waals surface area contributed by atoms with Crippen LogP contribution in [0.4, 0.5) is 17.1 Å². The van der Waals surface area contributed by atoms with Gasteiger partial charge in [-0.2, -0.15) is 0 Å². The Bertz CT molecular complexity index is 1120. The van der Waals surface area contributed by atoms with Gasteiger partial charge in [0.2, 0.25) is 11.8 Å². The molecule has 1 aromatic heterocycles. The van der Waals surface area contributed by atoms with E-state index in [0.29, 0.717) is 13.0 Å². The molecule has 3 rings (SSSR count). The third-order valence-corrected chi connectivity index (χ3v) is 4.96. The number of aromatic nitrogens is 1. The fourth-order valence-electron chi connectivity index (χ4n) is 3.31. The van der Waals surface area contributed by atoms with Gasteiger partial charge >= 0.3 is 0 Å². The molecule has 31 heavy (non-hydrogen) atoms. The third kappa shape index (κ3) is 4.18. The van der Waals surface area contributed by atoms with Crippen LogP contribution < -0.4 is 10.6 Å². The summed E-state index contributed by atoms with van der Waals surface area (Å²) in [5.41, 5.74) is 2.16. The number of hydrogen-bond acceptors (Lipinski definition) is 6. The molecule has 0 spiro atoms. The first-order chi connectivity index (χ1) is 14.9. The van der Waals surface area contributed by atoms with Gasteiger partial charge in [-0.25, -0.2) is 4.99 Å². The van der Waals surface area contributed by atoms with Gasteiger partial charge in [0.25, 0.3) is 5.91 Å². The fourth-order valence-corrected chi connectivity index (χ4v) is 3.31. The zero-order valence-electron chi connectivity index (χ0n) is 17.7. The molecule has 3 aromatic rings. The second-order valence-electron chi connectivity index (χ2n) is 6.80. The Balaban J connectivity index is 2.14. The van der Waals surface area contributed by atoms with Crippen molar-refractivity contribution in [1.82, 2.24) is 9.88 Å². The molecule has 0 aliphatic heterocycles. The number of aliphatic imine (C=N–C) groups is 1. The number of anilines is 2. The second kappa shape index (κ2) is 9.25. The number of nitrogens with one attached hydrogen (secondary N) is 2. The normalized spacial score (nSPS) is 11.4. The molecular formula is C23H26N4O4. The van der Waals surface area contributed by atoms with Crippen LogP contribution in [0.25, 0.3) is 0 Å². The molecule has 0 aliphatic rings. The lowest BCUT2D eigenvalue weighted by Gasteiger charge is -2.12. The molecule has 162 valence electrons. The Kier molecular flexibility index (Phi) is 6.49. The van der Waals surface area contributed by atoms with Crippen molar-refractivity contribution in [2.24, 2.45) is 4.99 Å². The Hall–Kier alpha value is -3.94. The number of carbonyl (C=O) groups excluding carboxylic acids is 1. The number of rotatable bonds is 7. The number of phenols is 1. The number of hydrogen-bond donors (Lipinski definition) is 5. The summed E-state index contributed by atoms with van der Waals surface area (Å²) in [6.45, 7) is 4.03. The van der Waals surface area contributed by atoms with Crippen molar-refractivity contribution in [3.05, 3.63) is 59.7 Å². The van der Waals surface area contributed by atoms with E-state index in [1.165, 1.54) is 17.7 Å². The molecule has 8 nitrogen and oxygen atoms in total. The number of phenolic OH excluding ortho intramolecular Hbond substituents is 1. The monoisotopic (exact) mass is 422 g/mol. The van der Waals surface area contributed by atoms with Gasteiger partial charge in [-0.3, -0.25) is 9.36 Å². The van der Waals surface area contributed by atoms with Crippen LogP contribution in [0, 0.1) is 0 Å². The van der Waals surface area contributed by atoms with E-state index in [1.807, 2.05) is 37.3 Å². The molecule has 0 saturated carbocycles. The quantitative estimate of drug-likeness (QED) is 0.288. The molecule has 1 heterocycles. The summed E-state index contributed by atoms with van der Waals surface area (Å²) in [5, 5.41) is 37.4. The van der Waals surface area contributed by atoms with E-state index in [2.05, 4.69) is 15.6 Å². The number of amides is 1. The lowest BCUT2D eigenvalue weighted by atomic mass is 10.1. The van der Waals surface area contributed by atoms with Crippen LogP contribution in [-0.4, -0.2) is 38.6 Å².